The Balaban J connectivity index is 1.86. The first kappa shape index (κ1) is 18.8. The van der Waals surface area contributed by atoms with Crippen LogP contribution in [-0.4, -0.2) is 29.8 Å². The Kier molecular flexibility index (Phi) is 5.92. The number of benzene rings is 1. The predicted octanol–water partition coefficient (Wildman–Crippen LogP) is 3.80. The Bertz CT molecular complexity index is 584. The van der Waals surface area contributed by atoms with Crippen LogP contribution in [0.1, 0.15) is 52.1 Å². The molecular formula is C19H27ClN2O2. The normalized spacial score (nSPS) is 17.5. The van der Waals surface area contributed by atoms with Crippen molar-refractivity contribution in [1.29, 1.82) is 0 Å². The van der Waals surface area contributed by atoms with Gasteiger partial charge < -0.3 is 10.2 Å². The molecule has 0 aliphatic carbocycles. The first-order chi connectivity index (χ1) is 11.2. The minimum Gasteiger partial charge on any atom is -0.349 e. The van der Waals surface area contributed by atoms with Crippen LogP contribution < -0.4 is 5.32 Å². The van der Waals surface area contributed by atoms with Gasteiger partial charge in [0.15, 0.2) is 0 Å². The van der Waals surface area contributed by atoms with Crippen LogP contribution in [0, 0.1) is 11.3 Å². The second-order valence-electron chi connectivity index (χ2n) is 7.60. The van der Waals surface area contributed by atoms with E-state index in [4.69, 9.17) is 11.6 Å². The fourth-order valence-electron chi connectivity index (χ4n) is 2.99. The lowest BCUT2D eigenvalue weighted by molar-refractivity contribution is -0.142. The number of carbonyl (C=O) groups is 2. The van der Waals surface area contributed by atoms with E-state index in [9.17, 15) is 9.59 Å². The average molecular weight is 351 g/mol. The Labute approximate surface area is 149 Å². The van der Waals surface area contributed by atoms with E-state index in [0.717, 1.165) is 18.4 Å². The standard InChI is InChI=1S/C19H27ClN2O2/c1-13(14-5-7-16(20)8-6-14)21-17(23)15-9-11-22(12-10-15)18(24)19(2,3)4/h5-8,13,15H,9-12H2,1-4H3,(H,21,23). The van der Waals surface area contributed by atoms with Crippen LogP contribution in [0.3, 0.4) is 0 Å². The second-order valence-corrected chi connectivity index (χ2v) is 8.03. The van der Waals surface area contributed by atoms with Crippen LogP contribution in [0.4, 0.5) is 0 Å². The molecular weight excluding hydrogens is 324 g/mol. The van der Waals surface area contributed by atoms with Gasteiger partial charge in [-0.15, -0.1) is 0 Å². The van der Waals surface area contributed by atoms with Gasteiger partial charge in [0.25, 0.3) is 0 Å². The van der Waals surface area contributed by atoms with E-state index in [1.165, 1.54) is 0 Å². The van der Waals surface area contributed by atoms with Crippen molar-refractivity contribution in [3.05, 3.63) is 34.9 Å². The lowest BCUT2D eigenvalue weighted by Gasteiger charge is -2.35. The molecule has 1 saturated heterocycles. The second kappa shape index (κ2) is 7.56. The average Bonchev–Trinajstić information content (AvgIpc) is 2.54. The largest absolute Gasteiger partial charge is 0.349 e. The summed E-state index contributed by atoms with van der Waals surface area (Å²) < 4.78 is 0. The number of amides is 2. The molecule has 1 atom stereocenters. The maximum atomic E-state index is 12.5. The van der Waals surface area contributed by atoms with Crippen molar-refractivity contribution in [2.45, 2.75) is 46.6 Å². The molecule has 0 radical (unpaired) electrons. The molecule has 1 aliphatic heterocycles. The summed E-state index contributed by atoms with van der Waals surface area (Å²) in [5.74, 6) is 0.208. The van der Waals surface area contributed by atoms with Gasteiger partial charge in [-0.05, 0) is 37.5 Å². The van der Waals surface area contributed by atoms with E-state index < -0.39 is 0 Å². The highest BCUT2D eigenvalue weighted by Gasteiger charge is 2.32. The highest BCUT2D eigenvalue weighted by molar-refractivity contribution is 6.30. The molecule has 1 heterocycles. The Hall–Kier alpha value is -1.55. The highest BCUT2D eigenvalue weighted by Crippen LogP contribution is 2.24. The fourth-order valence-corrected chi connectivity index (χ4v) is 3.11. The van der Waals surface area contributed by atoms with E-state index in [2.05, 4.69) is 5.32 Å². The van der Waals surface area contributed by atoms with Gasteiger partial charge in [0.2, 0.25) is 11.8 Å². The molecule has 1 N–H and O–H groups in total. The number of likely N-dealkylation sites (tertiary alicyclic amines) is 1. The third-order valence-corrected chi connectivity index (χ3v) is 4.78. The zero-order valence-electron chi connectivity index (χ0n) is 14.9. The zero-order valence-corrected chi connectivity index (χ0v) is 15.7. The molecule has 2 amide bonds. The SMILES string of the molecule is CC(NC(=O)C1CCN(C(=O)C(C)(C)C)CC1)c1ccc(Cl)cc1. The number of rotatable bonds is 3. The van der Waals surface area contributed by atoms with Crippen molar-refractivity contribution >= 4 is 23.4 Å². The molecule has 24 heavy (non-hydrogen) atoms. The summed E-state index contributed by atoms with van der Waals surface area (Å²) in [4.78, 5) is 26.7. The number of hydrogen-bond donors (Lipinski definition) is 1. The van der Waals surface area contributed by atoms with Crippen molar-refractivity contribution in [3.8, 4) is 0 Å². The summed E-state index contributed by atoms with van der Waals surface area (Å²) in [5, 5.41) is 3.76. The van der Waals surface area contributed by atoms with Gasteiger partial charge in [0.1, 0.15) is 0 Å². The number of hydrogen-bond acceptors (Lipinski definition) is 2. The first-order valence-electron chi connectivity index (χ1n) is 8.53. The van der Waals surface area contributed by atoms with Crippen LogP contribution >= 0.6 is 11.6 Å². The molecule has 0 saturated carbocycles. The molecule has 1 aromatic carbocycles. The molecule has 1 unspecified atom stereocenters. The summed E-state index contributed by atoms with van der Waals surface area (Å²) >= 11 is 5.90. The number of nitrogens with zero attached hydrogens (tertiary/aromatic N) is 1. The van der Waals surface area contributed by atoms with E-state index in [0.29, 0.717) is 18.1 Å². The topological polar surface area (TPSA) is 49.4 Å². The van der Waals surface area contributed by atoms with E-state index in [-0.39, 0.29) is 29.2 Å². The number of piperidine rings is 1. The lowest BCUT2D eigenvalue weighted by atomic mass is 9.90. The molecule has 1 aliphatic rings. The van der Waals surface area contributed by atoms with E-state index in [1.54, 1.807) is 0 Å². The van der Waals surface area contributed by atoms with Gasteiger partial charge in [-0.2, -0.15) is 0 Å². The fraction of sp³-hybridized carbons (Fsp3) is 0.579. The summed E-state index contributed by atoms with van der Waals surface area (Å²) in [6, 6.07) is 7.46. The lowest BCUT2D eigenvalue weighted by Crippen LogP contribution is -2.46. The number of carbonyl (C=O) groups excluding carboxylic acids is 2. The van der Waals surface area contributed by atoms with Gasteiger partial charge in [-0.1, -0.05) is 44.5 Å². The van der Waals surface area contributed by atoms with Crippen molar-refractivity contribution < 1.29 is 9.59 Å². The van der Waals surface area contributed by atoms with Crippen molar-refractivity contribution in [2.75, 3.05) is 13.1 Å². The van der Waals surface area contributed by atoms with Gasteiger partial charge in [0.05, 0.1) is 6.04 Å². The Morgan fingerprint density at radius 3 is 2.21 bits per heavy atom. The smallest absolute Gasteiger partial charge is 0.227 e. The minimum atomic E-state index is -0.363. The maximum Gasteiger partial charge on any atom is 0.227 e. The van der Waals surface area contributed by atoms with Gasteiger partial charge in [-0.3, -0.25) is 9.59 Å². The quantitative estimate of drug-likeness (QED) is 0.901. The van der Waals surface area contributed by atoms with Crippen molar-refractivity contribution in [3.63, 3.8) is 0 Å². The molecule has 0 aromatic heterocycles. The van der Waals surface area contributed by atoms with Gasteiger partial charge in [-0.25, -0.2) is 0 Å². The number of nitrogens with one attached hydrogen (secondary N) is 1. The Morgan fingerprint density at radius 1 is 1.17 bits per heavy atom. The van der Waals surface area contributed by atoms with E-state index >= 15 is 0 Å². The maximum absolute atomic E-state index is 12.5. The summed E-state index contributed by atoms with van der Waals surface area (Å²) in [6.45, 7) is 9.08. The molecule has 1 fully saturated rings. The molecule has 0 spiro atoms. The third kappa shape index (κ3) is 4.73. The first-order valence-corrected chi connectivity index (χ1v) is 8.91. The Morgan fingerprint density at radius 2 is 1.71 bits per heavy atom. The van der Waals surface area contributed by atoms with Gasteiger partial charge >= 0.3 is 0 Å². The highest BCUT2D eigenvalue weighted by atomic mass is 35.5. The van der Waals surface area contributed by atoms with Crippen molar-refractivity contribution in [2.24, 2.45) is 11.3 Å². The molecule has 1 aromatic rings. The molecule has 132 valence electrons. The van der Waals surface area contributed by atoms with Crippen molar-refractivity contribution in [1.82, 2.24) is 10.2 Å². The molecule has 0 bridgehead atoms. The van der Waals surface area contributed by atoms with Gasteiger partial charge in [0, 0.05) is 29.4 Å². The number of halogens is 1. The minimum absolute atomic E-state index is 0.0243. The van der Waals surface area contributed by atoms with Crippen LogP contribution in [0.25, 0.3) is 0 Å². The predicted molar refractivity (Wildman–Crippen MR) is 96.8 cm³/mol. The van der Waals surface area contributed by atoms with Crippen LogP contribution in [0.2, 0.25) is 5.02 Å². The molecule has 2 rings (SSSR count). The summed E-state index contributed by atoms with van der Waals surface area (Å²) in [6.07, 6.45) is 1.45. The summed E-state index contributed by atoms with van der Waals surface area (Å²) in [7, 11) is 0. The van der Waals surface area contributed by atoms with E-state index in [1.807, 2.05) is 56.9 Å². The monoisotopic (exact) mass is 350 g/mol. The van der Waals surface area contributed by atoms with Crippen LogP contribution in [0.5, 0.6) is 0 Å². The summed E-state index contributed by atoms with van der Waals surface area (Å²) in [5.41, 5.74) is 0.672. The molecule has 5 heteroatoms. The molecule has 4 nitrogen and oxygen atoms in total. The van der Waals surface area contributed by atoms with Crippen LogP contribution in [-0.2, 0) is 9.59 Å². The third-order valence-electron chi connectivity index (χ3n) is 4.52. The zero-order chi connectivity index (χ0) is 17.9. The van der Waals surface area contributed by atoms with Crippen LogP contribution in [0.15, 0.2) is 24.3 Å².